The summed E-state index contributed by atoms with van der Waals surface area (Å²) in [4.78, 5) is 37.9. The van der Waals surface area contributed by atoms with Crippen LogP contribution in [0.1, 0.15) is 355 Å². The van der Waals surface area contributed by atoms with E-state index in [2.05, 4.69) is 57.2 Å². The normalized spacial score (nSPS) is 12.2. The van der Waals surface area contributed by atoms with Crippen LogP contribution in [-0.2, 0) is 28.6 Å². The van der Waals surface area contributed by atoms with Gasteiger partial charge in [-0.2, -0.15) is 0 Å². The van der Waals surface area contributed by atoms with Crippen molar-refractivity contribution in [2.24, 2.45) is 0 Å². The summed E-state index contributed by atoms with van der Waals surface area (Å²) in [6, 6.07) is 0. The van der Waals surface area contributed by atoms with Gasteiger partial charge in [0.25, 0.3) is 0 Å². The van der Waals surface area contributed by atoms with E-state index in [0.29, 0.717) is 19.3 Å². The molecule has 1 unspecified atom stereocenters. The van der Waals surface area contributed by atoms with E-state index < -0.39 is 6.10 Å². The average Bonchev–Trinajstić information content (AvgIpc) is 3.39. The Morgan fingerprint density at radius 3 is 0.767 bits per heavy atom. The van der Waals surface area contributed by atoms with Crippen LogP contribution in [0, 0.1) is 0 Å². The Morgan fingerprint density at radius 1 is 0.274 bits per heavy atom. The van der Waals surface area contributed by atoms with Gasteiger partial charge in [0, 0.05) is 19.3 Å². The lowest BCUT2D eigenvalue weighted by Gasteiger charge is -2.18. The number of rotatable bonds is 60. The fourth-order valence-corrected chi connectivity index (χ4v) is 9.75. The van der Waals surface area contributed by atoms with E-state index >= 15 is 0 Å². The molecule has 0 aromatic heterocycles. The molecule has 6 nitrogen and oxygen atoms in total. The third-order valence-corrected chi connectivity index (χ3v) is 14.6. The van der Waals surface area contributed by atoms with Crippen LogP contribution in [0.15, 0.2) is 36.5 Å². The van der Waals surface area contributed by atoms with Gasteiger partial charge < -0.3 is 14.2 Å². The van der Waals surface area contributed by atoms with E-state index in [1.54, 1.807) is 0 Å². The van der Waals surface area contributed by atoms with Gasteiger partial charge in [0.1, 0.15) is 13.2 Å². The summed E-state index contributed by atoms with van der Waals surface area (Å²) < 4.78 is 16.8. The van der Waals surface area contributed by atoms with Crippen molar-refractivity contribution in [1.29, 1.82) is 0 Å². The van der Waals surface area contributed by atoms with Crippen molar-refractivity contribution in [3.63, 3.8) is 0 Å². The second kappa shape index (κ2) is 62.2. The summed E-state index contributed by atoms with van der Waals surface area (Å²) in [5.41, 5.74) is 0. The summed E-state index contributed by atoms with van der Waals surface area (Å²) in [5, 5.41) is 0. The fourth-order valence-electron chi connectivity index (χ4n) is 9.75. The molecular weight excluding hydrogens is 901 g/mol. The first-order valence-electron chi connectivity index (χ1n) is 32.5. The standard InChI is InChI=1S/C67H124O6/c1-4-7-10-13-15-17-19-21-23-25-27-28-29-30-31-32-33-34-35-36-37-38-40-41-43-45-47-49-51-54-57-60-66(69)72-63-64(62-71-65(68)59-56-53-12-9-6-3)73-67(70)61-58-55-52-50-48-46-44-42-39-26-24-22-20-18-16-14-11-8-5-2/h19,21,25,27,29-30,64H,4-18,20,22-24,26,28,31-63H2,1-3H3/b21-19-,27-25-,30-29-. The van der Waals surface area contributed by atoms with E-state index in [0.717, 1.165) is 77.0 Å². The molecule has 0 fully saturated rings. The number of unbranched alkanes of at least 4 members (excludes halogenated alkanes) is 43. The molecule has 73 heavy (non-hydrogen) atoms. The monoisotopic (exact) mass is 1020 g/mol. The molecule has 6 heteroatoms. The van der Waals surface area contributed by atoms with Crippen molar-refractivity contribution in [1.82, 2.24) is 0 Å². The highest BCUT2D eigenvalue weighted by molar-refractivity contribution is 5.71. The Labute approximate surface area is 455 Å². The molecule has 0 rings (SSSR count). The highest BCUT2D eigenvalue weighted by atomic mass is 16.6. The first-order chi connectivity index (χ1) is 36.0. The van der Waals surface area contributed by atoms with Gasteiger partial charge in [-0.15, -0.1) is 0 Å². The van der Waals surface area contributed by atoms with E-state index in [1.807, 2.05) is 0 Å². The van der Waals surface area contributed by atoms with E-state index in [9.17, 15) is 14.4 Å². The van der Waals surface area contributed by atoms with Gasteiger partial charge in [0.2, 0.25) is 0 Å². The Morgan fingerprint density at radius 2 is 0.493 bits per heavy atom. The zero-order chi connectivity index (χ0) is 52.9. The van der Waals surface area contributed by atoms with Gasteiger partial charge in [-0.05, 0) is 57.8 Å². The maximum atomic E-state index is 12.8. The second-order valence-corrected chi connectivity index (χ2v) is 22.0. The minimum Gasteiger partial charge on any atom is -0.462 e. The van der Waals surface area contributed by atoms with Gasteiger partial charge in [-0.25, -0.2) is 0 Å². The average molecular weight is 1030 g/mol. The highest BCUT2D eigenvalue weighted by Crippen LogP contribution is 2.18. The van der Waals surface area contributed by atoms with Crippen molar-refractivity contribution in [3.8, 4) is 0 Å². The van der Waals surface area contributed by atoms with Gasteiger partial charge in [-0.1, -0.05) is 314 Å². The van der Waals surface area contributed by atoms with E-state index in [-0.39, 0.29) is 31.1 Å². The lowest BCUT2D eigenvalue weighted by atomic mass is 10.0. The predicted molar refractivity (Wildman–Crippen MR) is 316 cm³/mol. The van der Waals surface area contributed by atoms with Crippen LogP contribution in [0.4, 0.5) is 0 Å². The SMILES string of the molecule is CCCCCCC/C=C\C/C=C\C/C=C\CCCCCCCCCCCCCCCCCCC(=O)OCC(COC(=O)CCCCCCC)OC(=O)CCCCCCCCCCCCCCCCCCCCC. The first kappa shape index (κ1) is 70.6. The van der Waals surface area contributed by atoms with Crippen LogP contribution < -0.4 is 0 Å². The number of hydrogen-bond donors (Lipinski definition) is 0. The third kappa shape index (κ3) is 60.4. The Balaban J connectivity index is 3.94. The van der Waals surface area contributed by atoms with Crippen LogP contribution in [0.2, 0.25) is 0 Å². The van der Waals surface area contributed by atoms with E-state index in [1.165, 1.54) is 238 Å². The van der Waals surface area contributed by atoms with E-state index in [4.69, 9.17) is 14.2 Å². The van der Waals surface area contributed by atoms with Crippen LogP contribution >= 0.6 is 0 Å². The molecule has 0 aliphatic rings. The molecule has 0 spiro atoms. The summed E-state index contributed by atoms with van der Waals surface area (Å²) >= 11 is 0. The largest absolute Gasteiger partial charge is 0.462 e. The molecule has 0 aromatic carbocycles. The summed E-state index contributed by atoms with van der Waals surface area (Å²) in [6.07, 6.45) is 76.4. The minimum atomic E-state index is -0.764. The van der Waals surface area contributed by atoms with Crippen LogP contribution in [0.3, 0.4) is 0 Å². The summed E-state index contributed by atoms with van der Waals surface area (Å²) in [5.74, 6) is -0.859. The number of esters is 3. The van der Waals surface area contributed by atoms with Crippen LogP contribution in [0.5, 0.6) is 0 Å². The molecule has 0 radical (unpaired) electrons. The minimum absolute atomic E-state index is 0.0671. The van der Waals surface area contributed by atoms with Crippen molar-refractivity contribution in [2.45, 2.75) is 361 Å². The number of carbonyl (C=O) groups excluding carboxylic acids is 3. The summed E-state index contributed by atoms with van der Waals surface area (Å²) in [7, 11) is 0. The summed E-state index contributed by atoms with van der Waals surface area (Å²) in [6.45, 7) is 6.60. The highest BCUT2D eigenvalue weighted by Gasteiger charge is 2.19. The molecule has 0 N–H and O–H groups in total. The third-order valence-electron chi connectivity index (χ3n) is 14.6. The molecule has 0 saturated carbocycles. The van der Waals surface area contributed by atoms with Crippen LogP contribution in [-0.4, -0.2) is 37.2 Å². The number of carbonyl (C=O) groups is 3. The molecule has 0 aliphatic carbocycles. The molecule has 0 aliphatic heterocycles. The lowest BCUT2D eigenvalue weighted by Crippen LogP contribution is -2.30. The number of ether oxygens (including phenoxy) is 3. The molecule has 0 bridgehead atoms. The van der Waals surface area contributed by atoms with Crippen molar-refractivity contribution in [3.05, 3.63) is 36.5 Å². The Kier molecular flexibility index (Phi) is 60.2. The van der Waals surface area contributed by atoms with Gasteiger partial charge >= 0.3 is 17.9 Å². The predicted octanol–water partition coefficient (Wildman–Crippen LogP) is 22.0. The van der Waals surface area contributed by atoms with Crippen molar-refractivity contribution in [2.75, 3.05) is 13.2 Å². The zero-order valence-electron chi connectivity index (χ0n) is 49.2. The quantitative estimate of drug-likeness (QED) is 0.0261. The maximum absolute atomic E-state index is 12.8. The van der Waals surface area contributed by atoms with Gasteiger partial charge in [-0.3, -0.25) is 14.4 Å². The molecule has 0 heterocycles. The lowest BCUT2D eigenvalue weighted by molar-refractivity contribution is -0.167. The number of allylic oxidation sites excluding steroid dienone is 6. The smallest absolute Gasteiger partial charge is 0.306 e. The first-order valence-corrected chi connectivity index (χ1v) is 32.5. The Hall–Kier alpha value is -2.37. The topological polar surface area (TPSA) is 78.9 Å². The van der Waals surface area contributed by atoms with Crippen LogP contribution in [0.25, 0.3) is 0 Å². The number of hydrogen-bond acceptors (Lipinski definition) is 6. The van der Waals surface area contributed by atoms with Gasteiger partial charge in [0.15, 0.2) is 6.10 Å². The molecular formula is C67H124O6. The van der Waals surface area contributed by atoms with Gasteiger partial charge in [0.05, 0.1) is 0 Å². The zero-order valence-corrected chi connectivity index (χ0v) is 49.2. The maximum Gasteiger partial charge on any atom is 0.306 e. The molecule has 0 saturated heterocycles. The molecule has 1 atom stereocenters. The molecule has 428 valence electrons. The Bertz CT molecular complexity index is 1220. The van der Waals surface area contributed by atoms with Crippen molar-refractivity contribution < 1.29 is 28.6 Å². The molecule has 0 amide bonds. The van der Waals surface area contributed by atoms with Crippen molar-refractivity contribution >= 4 is 17.9 Å². The fraction of sp³-hybridized carbons (Fsp3) is 0.866. The molecule has 0 aromatic rings. The second-order valence-electron chi connectivity index (χ2n) is 22.0.